The molecular weight excluding hydrogens is 271 g/mol. The van der Waals surface area contributed by atoms with E-state index in [-0.39, 0.29) is 5.91 Å². The molecule has 4 nitrogen and oxygen atoms in total. The molecule has 2 aromatic rings. The van der Waals surface area contributed by atoms with E-state index in [1.54, 1.807) is 12.1 Å². The molecule has 4 N–H and O–H groups in total. The average molecular weight is 286 g/mol. The molecule has 2 aromatic carbocycles. The van der Waals surface area contributed by atoms with Crippen LogP contribution in [0.4, 0.5) is 15.8 Å². The Hall–Kier alpha value is -2.56. The normalized spacial score (nSPS) is 15.5. The number of nitrogens with two attached hydrogens (primary N) is 1. The fourth-order valence-corrected chi connectivity index (χ4v) is 2.41. The minimum Gasteiger partial charge on any atom is -0.505 e. The summed E-state index contributed by atoms with van der Waals surface area (Å²) in [5.74, 6) is -1.37. The minimum atomic E-state index is -0.759. The molecule has 0 saturated heterocycles. The summed E-state index contributed by atoms with van der Waals surface area (Å²) in [4.78, 5) is 12.5. The number of anilines is 2. The van der Waals surface area contributed by atoms with Crippen LogP contribution in [0.1, 0.15) is 18.4 Å². The molecular formula is C16H15FN2O2. The zero-order valence-corrected chi connectivity index (χ0v) is 11.3. The van der Waals surface area contributed by atoms with E-state index < -0.39 is 17.0 Å². The number of nitrogen functional groups attached to an aromatic ring is 1. The first kappa shape index (κ1) is 13.4. The first-order valence-corrected chi connectivity index (χ1v) is 6.67. The van der Waals surface area contributed by atoms with Crippen LogP contribution in [-0.4, -0.2) is 11.0 Å². The zero-order valence-electron chi connectivity index (χ0n) is 11.3. The molecule has 1 aliphatic rings. The van der Waals surface area contributed by atoms with Crippen molar-refractivity contribution in [3.05, 3.63) is 53.8 Å². The van der Waals surface area contributed by atoms with Gasteiger partial charge in [0.25, 0.3) is 0 Å². The van der Waals surface area contributed by atoms with Crippen molar-refractivity contribution in [2.45, 2.75) is 18.3 Å². The fraction of sp³-hybridized carbons (Fsp3) is 0.188. The fourth-order valence-electron chi connectivity index (χ4n) is 2.41. The number of rotatable bonds is 3. The van der Waals surface area contributed by atoms with Crippen LogP contribution < -0.4 is 11.1 Å². The smallest absolute Gasteiger partial charge is 0.235 e. The van der Waals surface area contributed by atoms with Gasteiger partial charge >= 0.3 is 0 Å². The Labute approximate surface area is 121 Å². The van der Waals surface area contributed by atoms with E-state index in [9.17, 15) is 9.18 Å². The van der Waals surface area contributed by atoms with Crippen LogP contribution in [0.25, 0.3) is 0 Å². The van der Waals surface area contributed by atoms with Gasteiger partial charge < -0.3 is 16.2 Å². The third-order valence-corrected chi connectivity index (χ3v) is 3.85. The van der Waals surface area contributed by atoms with Crippen LogP contribution in [0.15, 0.2) is 42.5 Å². The molecule has 1 aliphatic carbocycles. The van der Waals surface area contributed by atoms with Crippen LogP contribution in [-0.2, 0) is 10.2 Å². The maximum atomic E-state index is 13.3. The monoisotopic (exact) mass is 286 g/mol. The standard InChI is InChI=1S/C16H15FN2O2/c17-13-9-12(5-6-14(13)20)19-15(21)16(7-8-16)10-1-3-11(18)4-2-10/h1-6,9,20H,7-8,18H2,(H,19,21). The SMILES string of the molecule is Nc1ccc(C2(C(=O)Nc3ccc(O)c(F)c3)CC2)cc1. The number of phenols is 1. The molecule has 3 rings (SSSR count). The lowest BCUT2D eigenvalue weighted by Gasteiger charge is -2.16. The van der Waals surface area contributed by atoms with E-state index in [2.05, 4.69) is 5.32 Å². The van der Waals surface area contributed by atoms with Crippen molar-refractivity contribution < 1.29 is 14.3 Å². The predicted octanol–water partition coefficient (Wildman–Crippen LogP) is 2.78. The number of carbonyl (C=O) groups excluding carboxylic acids is 1. The van der Waals surface area contributed by atoms with E-state index in [0.29, 0.717) is 11.4 Å². The van der Waals surface area contributed by atoms with Crippen molar-refractivity contribution in [3.8, 4) is 5.75 Å². The molecule has 0 bridgehead atoms. The Bertz CT molecular complexity index is 694. The van der Waals surface area contributed by atoms with Crippen molar-refractivity contribution in [1.82, 2.24) is 0 Å². The van der Waals surface area contributed by atoms with Gasteiger partial charge in [0.15, 0.2) is 11.6 Å². The molecule has 0 heterocycles. The van der Waals surface area contributed by atoms with Gasteiger partial charge in [0.2, 0.25) is 5.91 Å². The summed E-state index contributed by atoms with van der Waals surface area (Å²) in [5, 5.41) is 11.9. The van der Waals surface area contributed by atoms with E-state index in [1.165, 1.54) is 12.1 Å². The van der Waals surface area contributed by atoms with Gasteiger partial charge in [0.05, 0.1) is 5.41 Å². The highest BCUT2D eigenvalue weighted by Crippen LogP contribution is 2.49. The van der Waals surface area contributed by atoms with Crippen molar-refractivity contribution in [2.24, 2.45) is 0 Å². The predicted molar refractivity (Wildman–Crippen MR) is 78.5 cm³/mol. The largest absolute Gasteiger partial charge is 0.505 e. The molecule has 21 heavy (non-hydrogen) atoms. The quantitative estimate of drug-likeness (QED) is 0.600. The Kier molecular flexibility index (Phi) is 3.05. The van der Waals surface area contributed by atoms with Gasteiger partial charge in [-0.15, -0.1) is 0 Å². The topological polar surface area (TPSA) is 75.4 Å². The van der Waals surface area contributed by atoms with Crippen molar-refractivity contribution in [3.63, 3.8) is 0 Å². The van der Waals surface area contributed by atoms with E-state index in [1.807, 2.05) is 12.1 Å². The molecule has 1 fully saturated rings. The summed E-state index contributed by atoms with van der Waals surface area (Å²) in [6.07, 6.45) is 1.51. The van der Waals surface area contributed by atoms with Crippen LogP contribution >= 0.6 is 0 Å². The molecule has 108 valence electrons. The highest BCUT2D eigenvalue weighted by atomic mass is 19.1. The molecule has 0 aromatic heterocycles. The molecule has 1 saturated carbocycles. The highest BCUT2D eigenvalue weighted by molar-refractivity contribution is 6.01. The van der Waals surface area contributed by atoms with Gasteiger partial charge in [-0.25, -0.2) is 4.39 Å². The molecule has 0 spiro atoms. The third-order valence-electron chi connectivity index (χ3n) is 3.85. The summed E-state index contributed by atoms with van der Waals surface area (Å²) in [6, 6.07) is 11.0. The first-order chi connectivity index (χ1) is 10.0. The number of halogens is 1. The number of hydrogen-bond donors (Lipinski definition) is 3. The number of phenolic OH excluding ortho intramolecular Hbond substituents is 1. The number of amides is 1. The number of hydrogen-bond acceptors (Lipinski definition) is 3. The van der Waals surface area contributed by atoms with Gasteiger partial charge in [-0.05, 0) is 42.7 Å². The number of carbonyl (C=O) groups is 1. The Morgan fingerprint density at radius 3 is 2.43 bits per heavy atom. The van der Waals surface area contributed by atoms with Gasteiger partial charge in [-0.3, -0.25) is 4.79 Å². The Morgan fingerprint density at radius 1 is 1.19 bits per heavy atom. The maximum Gasteiger partial charge on any atom is 0.235 e. The molecule has 5 heteroatoms. The molecule has 0 atom stereocenters. The van der Waals surface area contributed by atoms with Gasteiger partial charge in [0.1, 0.15) is 0 Å². The summed E-state index contributed by atoms with van der Waals surface area (Å²) in [7, 11) is 0. The zero-order chi connectivity index (χ0) is 15.0. The highest BCUT2D eigenvalue weighted by Gasteiger charge is 2.51. The molecule has 1 amide bonds. The van der Waals surface area contributed by atoms with E-state index in [4.69, 9.17) is 10.8 Å². The van der Waals surface area contributed by atoms with E-state index >= 15 is 0 Å². The number of nitrogens with one attached hydrogen (secondary N) is 1. The van der Waals surface area contributed by atoms with Gasteiger partial charge in [0, 0.05) is 17.4 Å². The second kappa shape index (κ2) is 4.77. The van der Waals surface area contributed by atoms with Crippen LogP contribution in [0.5, 0.6) is 5.75 Å². The summed E-state index contributed by atoms with van der Waals surface area (Å²) in [5.41, 5.74) is 6.99. The lowest BCUT2D eigenvalue weighted by atomic mass is 9.94. The second-order valence-electron chi connectivity index (χ2n) is 5.32. The molecule has 0 unspecified atom stereocenters. The number of benzene rings is 2. The Balaban J connectivity index is 1.81. The van der Waals surface area contributed by atoms with Crippen molar-refractivity contribution in [2.75, 3.05) is 11.1 Å². The van der Waals surface area contributed by atoms with Crippen LogP contribution in [0.2, 0.25) is 0 Å². The van der Waals surface area contributed by atoms with Gasteiger partial charge in [-0.2, -0.15) is 0 Å². The first-order valence-electron chi connectivity index (χ1n) is 6.67. The maximum absolute atomic E-state index is 13.3. The summed E-state index contributed by atoms with van der Waals surface area (Å²) in [6.45, 7) is 0. The van der Waals surface area contributed by atoms with Crippen molar-refractivity contribution >= 4 is 17.3 Å². The second-order valence-corrected chi connectivity index (χ2v) is 5.32. The lowest BCUT2D eigenvalue weighted by molar-refractivity contribution is -0.118. The van der Waals surface area contributed by atoms with Crippen molar-refractivity contribution in [1.29, 1.82) is 0 Å². The third kappa shape index (κ3) is 2.42. The molecule has 0 radical (unpaired) electrons. The number of aromatic hydroxyl groups is 1. The summed E-state index contributed by atoms with van der Waals surface area (Å²) >= 11 is 0. The lowest BCUT2D eigenvalue weighted by Crippen LogP contribution is -2.27. The van der Waals surface area contributed by atoms with Crippen LogP contribution in [0.3, 0.4) is 0 Å². The summed E-state index contributed by atoms with van der Waals surface area (Å²) < 4.78 is 13.3. The van der Waals surface area contributed by atoms with Gasteiger partial charge in [-0.1, -0.05) is 12.1 Å². The minimum absolute atomic E-state index is 0.169. The average Bonchev–Trinajstić information content (AvgIpc) is 3.25. The van der Waals surface area contributed by atoms with Crippen LogP contribution in [0, 0.1) is 5.82 Å². The molecule has 0 aliphatic heterocycles. The van der Waals surface area contributed by atoms with E-state index in [0.717, 1.165) is 24.5 Å². The Morgan fingerprint density at radius 2 is 1.86 bits per heavy atom.